The van der Waals surface area contributed by atoms with Gasteiger partial charge < -0.3 is 9.64 Å². The fraction of sp³-hybridized carbons (Fsp3) is 0.520. The summed E-state index contributed by atoms with van der Waals surface area (Å²) in [6, 6.07) is 14.2. The molecule has 1 saturated heterocycles. The summed E-state index contributed by atoms with van der Waals surface area (Å²) >= 11 is 0. The quantitative estimate of drug-likeness (QED) is 0.678. The number of aromatic nitrogens is 1. The van der Waals surface area contributed by atoms with Gasteiger partial charge in [0.15, 0.2) is 0 Å². The minimum atomic E-state index is 0.153. The molecular weight excluding hydrogens is 374 g/mol. The average Bonchev–Trinajstić information content (AvgIpc) is 3.29. The monoisotopic (exact) mass is 407 g/mol. The van der Waals surface area contributed by atoms with Crippen molar-refractivity contribution in [3.8, 4) is 5.75 Å². The van der Waals surface area contributed by atoms with E-state index in [9.17, 15) is 4.79 Å². The maximum absolute atomic E-state index is 13.3. The van der Waals surface area contributed by atoms with E-state index in [1.165, 1.54) is 24.8 Å². The second-order valence-corrected chi connectivity index (χ2v) is 8.54. The van der Waals surface area contributed by atoms with E-state index in [0.29, 0.717) is 12.5 Å². The summed E-state index contributed by atoms with van der Waals surface area (Å²) in [7, 11) is 1.74. The predicted molar refractivity (Wildman–Crippen MR) is 120 cm³/mol. The number of hydrogen-bond donors (Lipinski definition) is 0. The number of amides is 1. The molecule has 2 fully saturated rings. The first-order valence-corrected chi connectivity index (χ1v) is 11.3. The van der Waals surface area contributed by atoms with Crippen LogP contribution in [-0.2, 0) is 4.79 Å². The van der Waals surface area contributed by atoms with E-state index in [0.717, 1.165) is 50.5 Å². The van der Waals surface area contributed by atoms with Gasteiger partial charge in [0.25, 0.3) is 0 Å². The molecule has 0 N–H and O–H groups in total. The number of likely N-dealkylation sites (tertiary alicyclic amines) is 1. The molecule has 2 aliphatic rings. The van der Waals surface area contributed by atoms with Gasteiger partial charge in [-0.15, -0.1) is 0 Å². The summed E-state index contributed by atoms with van der Waals surface area (Å²) in [5.41, 5.74) is 1.29. The van der Waals surface area contributed by atoms with Crippen LogP contribution >= 0.6 is 0 Å². The van der Waals surface area contributed by atoms with Crippen molar-refractivity contribution in [1.82, 2.24) is 9.88 Å². The van der Waals surface area contributed by atoms with Crippen LogP contribution in [0.2, 0.25) is 0 Å². The number of benzene rings is 1. The van der Waals surface area contributed by atoms with Gasteiger partial charge in [-0.05, 0) is 49.6 Å². The zero-order valence-electron chi connectivity index (χ0n) is 18.0. The van der Waals surface area contributed by atoms with Crippen LogP contribution in [0.1, 0.15) is 50.0 Å². The molecule has 0 radical (unpaired) electrons. The van der Waals surface area contributed by atoms with Crippen molar-refractivity contribution in [3.63, 3.8) is 0 Å². The molecule has 30 heavy (non-hydrogen) atoms. The lowest BCUT2D eigenvalue weighted by atomic mass is 9.88. The average molecular weight is 408 g/mol. The van der Waals surface area contributed by atoms with E-state index in [4.69, 9.17) is 4.74 Å². The predicted octanol–water partition coefficient (Wildman–Crippen LogP) is 4.49. The second-order valence-electron chi connectivity index (χ2n) is 8.54. The zero-order chi connectivity index (χ0) is 20.8. The third-order valence-corrected chi connectivity index (χ3v) is 6.64. The van der Waals surface area contributed by atoms with Gasteiger partial charge in [0.1, 0.15) is 11.6 Å². The second kappa shape index (κ2) is 10.1. The van der Waals surface area contributed by atoms with Crippen molar-refractivity contribution in [1.29, 1.82) is 0 Å². The number of carbonyl (C=O) groups is 1. The summed E-state index contributed by atoms with van der Waals surface area (Å²) in [5.74, 6) is 2.66. The Balaban J connectivity index is 1.41. The third kappa shape index (κ3) is 4.84. The SMILES string of the molecule is COc1ccccc1[C@H]1CCN(CCN(C(=O)C2CCCCC2)c2ccccn2)C1. The van der Waals surface area contributed by atoms with E-state index in [1.54, 1.807) is 13.3 Å². The highest BCUT2D eigenvalue weighted by molar-refractivity contribution is 5.94. The molecule has 0 unspecified atom stereocenters. The highest BCUT2D eigenvalue weighted by Crippen LogP contribution is 2.33. The highest BCUT2D eigenvalue weighted by Gasteiger charge is 2.30. The first-order chi connectivity index (χ1) is 14.8. The number of para-hydroxylation sites is 1. The molecule has 4 rings (SSSR count). The number of hydrogen-bond acceptors (Lipinski definition) is 4. The topological polar surface area (TPSA) is 45.7 Å². The molecule has 1 amide bonds. The first-order valence-electron chi connectivity index (χ1n) is 11.3. The molecule has 1 aliphatic heterocycles. The number of anilines is 1. The molecule has 5 nitrogen and oxygen atoms in total. The molecule has 160 valence electrons. The lowest BCUT2D eigenvalue weighted by molar-refractivity contribution is -0.123. The van der Waals surface area contributed by atoms with Gasteiger partial charge in [0, 0.05) is 37.7 Å². The Bertz CT molecular complexity index is 820. The molecule has 2 aromatic rings. The van der Waals surface area contributed by atoms with Crippen LogP contribution in [-0.4, -0.2) is 49.1 Å². The van der Waals surface area contributed by atoms with E-state index >= 15 is 0 Å². The van der Waals surface area contributed by atoms with Crippen LogP contribution in [0.3, 0.4) is 0 Å². The number of pyridine rings is 1. The normalized spacial score (nSPS) is 20.2. The number of rotatable bonds is 7. The van der Waals surface area contributed by atoms with Gasteiger partial charge in [0.2, 0.25) is 5.91 Å². The van der Waals surface area contributed by atoms with Crippen molar-refractivity contribution in [2.45, 2.75) is 44.4 Å². The highest BCUT2D eigenvalue weighted by atomic mass is 16.5. The van der Waals surface area contributed by atoms with Gasteiger partial charge in [-0.2, -0.15) is 0 Å². The Morgan fingerprint density at radius 2 is 1.90 bits per heavy atom. The molecule has 1 saturated carbocycles. The summed E-state index contributed by atoms with van der Waals surface area (Å²) in [5, 5.41) is 0. The van der Waals surface area contributed by atoms with E-state index in [-0.39, 0.29) is 11.8 Å². The summed E-state index contributed by atoms with van der Waals surface area (Å²) < 4.78 is 5.57. The molecule has 5 heteroatoms. The Morgan fingerprint density at radius 1 is 1.10 bits per heavy atom. The number of ether oxygens (including phenoxy) is 1. The van der Waals surface area contributed by atoms with E-state index in [2.05, 4.69) is 22.0 Å². The lowest BCUT2D eigenvalue weighted by Gasteiger charge is -2.30. The number of nitrogens with zero attached hydrogens (tertiary/aromatic N) is 3. The van der Waals surface area contributed by atoms with Crippen LogP contribution < -0.4 is 9.64 Å². The van der Waals surface area contributed by atoms with Crippen LogP contribution in [0, 0.1) is 5.92 Å². The minimum absolute atomic E-state index is 0.153. The van der Waals surface area contributed by atoms with Crippen LogP contribution in [0.15, 0.2) is 48.7 Å². The molecule has 1 aliphatic carbocycles. The van der Waals surface area contributed by atoms with Gasteiger partial charge in [-0.3, -0.25) is 9.69 Å². The minimum Gasteiger partial charge on any atom is -0.496 e. The first kappa shape index (κ1) is 20.9. The van der Waals surface area contributed by atoms with Crippen molar-refractivity contribution in [2.75, 3.05) is 38.2 Å². The maximum atomic E-state index is 13.3. The van der Waals surface area contributed by atoms with Crippen molar-refractivity contribution in [3.05, 3.63) is 54.2 Å². The Morgan fingerprint density at radius 3 is 2.67 bits per heavy atom. The van der Waals surface area contributed by atoms with Gasteiger partial charge >= 0.3 is 0 Å². The van der Waals surface area contributed by atoms with Gasteiger partial charge in [-0.25, -0.2) is 4.98 Å². The smallest absolute Gasteiger partial charge is 0.231 e. The van der Waals surface area contributed by atoms with Crippen molar-refractivity contribution >= 4 is 11.7 Å². The van der Waals surface area contributed by atoms with E-state index < -0.39 is 0 Å². The molecule has 1 aromatic carbocycles. The van der Waals surface area contributed by atoms with Crippen LogP contribution in [0.4, 0.5) is 5.82 Å². The summed E-state index contributed by atoms with van der Waals surface area (Å²) in [6.07, 6.45) is 8.53. The van der Waals surface area contributed by atoms with Crippen LogP contribution in [0.5, 0.6) is 5.75 Å². The van der Waals surface area contributed by atoms with Gasteiger partial charge in [-0.1, -0.05) is 43.5 Å². The maximum Gasteiger partial charge on any atom is 0.231 e. The molecular formula is C25H33N3O2. The Kier molecular flexibility index (Phi) is 7.00. The Labute approximate surface area is 180 Å². The number of methoxy groups -OCH3 is 1. The van der Waals surface area contributed by atoms with Gasteiger partial charge in [0.05, 0.1) is 7.11 Å². The zero-order valence-corrected chi connectivity index (χ0v) is 18.0. The number of carbonyl (C=O) groups excluding carboxylic acids is 1. The van der Waals surface area contributed by atoms with Crippen molar-refractivity contribution < 1.29 is 9.53 Å². The third-order valence-electron chi connectivity index (χ3n) is 6.64. The lowest BCUT2D eigenvalue weighted by Crippen LogP contribution is -2.42. The fourth-order valence-corrected chi connectivity index (χ4v) is 4.96. The summed E-state index contributed by atoms with van der Waals surface area (Å²) in [6.45, 7) is 3.64. The van der Waals surface area contributed by atoms with Crippen LogP contribution in [0.25, 0.3) is 0 Å². The van der Waals surface area contributed by atoms with Crippen molar-refractivity contribution in [2.24, 2.45) is 5.92 Å². The molecule has 2 heterocycles. The summed E-state index contributed by atoms with van der Waals surface area (Å²) in [4.78, 5) is 22.2. The van der Waals surface area contributed by atoms with E-state index in [1.807, 2.05) is 35.2 Å². The molecule has 0 spiro atoms. The standard InChI is InChI=1S/C25H33N3O2/c1-30-23-12-6-5-11-22(23)21-14-16-27(19-21)17-18-28(24-13-7-8-15-26-24)25(29)20-9-3-2-4-10-20/h5-8,11-13,15,20-21H,2-4,9-10,14,16-19H2,1H3/t21-/m0/s1. The largest absolute Gasteiger partial charge is 0.496 e. The Hall–Kier alpha value is -2.40. The molecule has 1 aromatic heterocycles. The fourth-order valence-electron chi connectivity index (χ4n) is 4.96. The molecule has 0 bridgehead atoms. The molecule has 1 atom stereocenters.